The molecule has 0 radical (unpaired) electrons. The van der Waals surface area contributed by atoms with Gasteiger partial charge in [0, 0.05) is 0 Å². The van der Waals surface area contributed by atoms with Crippen molar-refractivity contribution in [2.75, 3.05) is 55.4 Å². The zero-order chi connectivity index (χ0) is 28.8. The first-order valence-corrected chi connectivity index (χ1v) is 17.7. The Bertz CT molecular complexity index is 429. The molecule has 0 rings (SSSR count). The van der Waals surface area contributed by atoms with E-state index in [1.807, 2.05) is 0 Å². The molecule has 0 saturated carbocycles. The summed E-state index contributed by atoms with van der Waals surface area (Å²) < 4.78 is 2.25. The van der Waals surface area contributed by atoms with Crippen LogP contribution in [0.25, 0.3) is 0 Å². The molecule has 0 aliphatic carbocycles. The summed E-state index contributed by atoms with van der Waals surface area (Å²) in [7, 11) is 13.7. The molecule has 0 aliphatic heterocycles. The van der Waals surface area contributed by atoms with Gasteiger partial charge in [0.15, 0.2) is 0 Å². The fourth-order valence-corrected chi connectivity index (χ4v) is 5.21. The molecule has 0 heterocycles. The predicted octanol–water partition coefficient (Wildman–Crippen LogP) is 5.58. The van der Waals surface area contributed by atoms with Crippen molar-refractivity contribution in [3.8, 4) is 0 Å². The molecule has 0 aliphatic rings. The lowest BCUT2D eigenvalue weighted by Gasteiger charge is -2.23. The number of rotatable bonds is 28. The van der Waals surface area contributed by atoms with E-state index in [9.17, 15) is 0 Å². The largest absolute Gasteiger partial charge is 1.00 e. The highest BCUT2D eigenvalue weighted by Crippen LogP contribution is 2.14. The number of hydrogen-bond acceptors (Lipinski definition) is 0. The lowest BCUT2D eigenvalue weighted by molar-refractivity contribution is -0.870. The molecule has 0 atom stereocenters. The Morgan fingerprint density at radius 3 is 0.550 bits per heavy atom. The second kappa shape index (κ2) is 35.7. The summed E-state index contributed by atoms with van der Waals surface area (Å²) in [5.74, 6) is 0. The zero-order valence-electron chi connectivity index (χ0n) is 29.4. The van der Waals surface area contributed by atoms with Crippen LogP contribution in [0.4, 0.5) is 0 Å². The molecule has 248 valence electrons. The Hall–Kier alpha value is 0.500. The second-order valence-corrected chi connectivity index (χ2v) is 14.5. The van der Waals surface area contributed by atoms with Crippen LogP contribution in [0.1, 0.15) is 181 Å². The highest BCUT2D eigenvalue weighted by Gasteiger charge is 2.05. The first-order valence-electron chi connectivity index (χ1n) is 17.7. The monoisotopic (exact) mass is 611 g/mol. The maximum absolute atomic E-state index is 2.30. The van der Waals surface area contributed by atoms with E-state index in [2.05, 4.69) is 56.1 Å². The molecule has 0 spiro atoms. The lowest BCUT2D eigenvalue weighted by atomic mass is 10.0. The van der Waals surface area contributed by atoms with Gasteiger partial charge in [0.25, 0.3) is 0 Å². The van der Waals surface area contributed by atoms with Crippen molar-refractivity contribution in [1.82, 2.24) is 0 Å². The van der Waals surface area contributed by atoms with Gasteiger partial charge in [-0.05, 0) is 25.7 Å². The molecular formula is C36H80Cl2N2. The van der Waals surface area contributed by atoms with Gasteiger partial charge in [0.1, 0.15) is 0 Å². The molecule has 4 heteroatoms. The van der Waals surface area contributed by atoms with Gasteiger partial charge in [-0.1, -0.05) is 155 Å². The Labute approximate surface area is 269 Å². The molecule has 0 aromatic carbocycles. The average molecular weight is 612 g/mol. The van der Waals surface area contributed by atoms with Gasteiger partial charge in [-0.25, -0.2) is 0 Å². The minimum absolute atomic E-state index is 0. The Morgan fingerprint density at radius 2 is 0.400 bits per heavy atom. The van der Waals surface area contributed by atoms with E-state index < -0.39 is 0 Å². The van der Waals surface area contributed by atoms with Gasteiger partial charge in [-0.15, -0.1) is 0 Å². The molecule has 0 bridgehead atoms. The van der Waals surface area contributed by atoms with E-state index in [1.54, 1.807) is 0 Å². The molecule has 0 fully saturated rings. The molecule has 0 saturated heterocycles. The first kappa shape index (κ1) is 47.4. The highest BCUT2D eigenvalue weighted by molar-refractivity contribution is 4.50. The fraction of sp³-hybridized carbons (Fsp3) is 1.00. The average Bonchev–Trinajstić information content (AvgIpc) is 2.84. The van der Waals surface area contributed by atoms with Crippen molar-refractivity contribution >= 4 is 0 Å². The lowest BCUT2D eigenvalue weighted by Crippen LogP contribution is -3.00. The minimum Gasteiger partial charge on any atom is -1.00 e. The van der Waals surface area contributed by atoms with Crippen LogP contribution in [-0.4, -0.2) is 64.3 Å². The molecule has 0 aromatic rings. The van der Waals surface area contributed by atoms with Gasteiger partial charge in [-0.2, -0.15) is 0 Å². The predicted molar refractivity (Wildman–Crippen MR) is 177 cm³/mol. The summed E-state index contributed by atoms with van der Waals surface area (Å²) in [4.78, 5) is 0. The SMILES string of the molecule is CCCCCCCCCCCCCCCCCC[N+](C)(C)C.CCCCCCCCCCCC[N+](C)(C)C.[Cl-].[Cl-]. The van der Waals surface area contributed by atoms with E-state index in [0.717, 1.165) is 8.97 Å². The Kier molecular flexibility index (Phi) is 42.3. The van der Waals surface area contributed by atoms with Gasteiger partial charge >= 0.3 is 0 Å². The summed E-state index contributed by atoms with van der Waals surface area (Å²) in [5, 5.41) is 0. The van der Waals surface area contributed by atoms with Crippen molar-refractivity contribution in [1.29, 1.82) is 0 Å². The van der Waals surface area contributed by atoms with Gasteiger partial charge < -0.3 is 33.8 Å². The van der Waals surface area contributed by atoms with Crippen LogP contribution in [-0.2, 0) is 0 Å². The molecule has 40 heavy (non-hydrogen) atoms. The van der Waals surface area contributed by atoms with Crippen LogP contribution in [0.5, 0.6) is 0 Å². The van der Waals surface area contributed by atoms with Crippen LogP contribution >= 0.6 is 0 Å². The summed E-state index contributed by atoms with van der Waals surface area (Å²) >= 11 is 0. The molecule has 0 N–H and O–H groups in total. The van der Waals surface area contributed by atoms with Crippen LogP contribution < -0.4 is 24.8 Å². The third kappa shape index (κ3) is 51.3. The number of hydrogen-bond donors (Lipinski definition) is 0. The fourth-order valence-electron chi connectivity index (χ4n) is 5.21. The van der Waals surface area contributed by atoms with Crippen molar-refractivity contribution < 1.29 is 33.8 Å². The summed E-state index contributed by atoms with van der Waals surface area (Å²) in [6.07, 6.45) is 37.8. The maximum Gasteiger partial charge on any atom is 0.0780 e. The van der Waals surface area contributed by atoms with Gasteiger partial charge in [0.05, 0.1) is 55.4 Å². The molecule has 0 aromatic heterocycles. The minimum atomic E-state index is 0. The second-order valence-electron chi connectivity index (χ2n) is 14.5. The molecule has 0 unspecified atom stereocenters. The first-order chi connectivity index (χ1) is 18.1. The standard InChI is InChI=1S/C21H46N.C15H34N.2ClH/c1-5-6-7-8-9-10-11-12-13-14-15-16-17-18-19-20-21-22(2,3)4;1-5-6-7-8-9-10-11-12-13-14-15-16(2,3)4;;/h5-21H2,1-4H3;5-15H2,1-4H3;2*1H/q2*+1;;/p-2. The third-order valence-corrected chi connectivity index (χ3v) is 7.86. The van der Waals surface area contributed by atoms with Crippen molar-refractivity contribution in [3.05, 3.63) is 0 Å². The van der Waals surface area contributed by atoms with Gasteiger partial charge in [0.2, 0.25) is 0 Å². The van der Waals surface area contributed by atoms with Crippen LogP contribution in [0.2, 0.25) is 0 Å². The Morgan fingerprint density at radius 1 is 0.250 bits per heavy atom. The molecule has 0 amide bonds. The quantitative estimate of drug-likeness (QED) is 0.0801. The summed E-state index contributed by atoms with van der Waals surface area (Å²) in [6.45, 7) is 7.24. The summed E-state index contributed by atoms with van der Waals surface area (Å²) in [6, 6.07) is 0. The number of unbranched alkanes of at least 4 members (excludes halogenated alkanes) is 24. The van der Waals surface area contributed by atoms with Gasteiger partial charge in [-0.3, -0.25) is 0 Å². The highest BCUT2D eigenvalue weighted by atomic mass is 35.5. The van der Waals surface area contributed by atoms with E-state index >= 15 is 0 Å². The van der Waals surface area contributed by atoms with Crippen LogP contribution in [0, 0.1) is 0 Å². The van der Waals surface area contributed by atoms with Crippen LogP contribution in [0.15, 0.2) is 0 Å². The van der Waals surface area contributed by atoms with E-state index in [0.29, 0.717) is 0 Å². The van der Waals surface area contributed by atoms with E-state index in [-0.39, 0.29) is 24.8 Å². The maximum atomic E-state index is 2.30. The van der Waals surface area contributed by atoms with Crippen molar-refractivity contribution in [2.45, 2.75) is 181 Å². The topological polar surface area (TPSA) is 0 Å². The number of quaternary nitrogens is 2. The van der Waals surface area contributed by atoms with Crippen molar-refractivity contribution in [2.24, 2.45) is 0 Å². The number of halogens is 2. The molecule has 2 nitrogen and oxygen atoms in total. The van der Waals surface area contributed by atoms with Crippen molar-refractivity contribution in [3.63, 3.8) is 0 Å². The zero-order valence-corrected chi connectivity index (χ0v) is 31.0. The van der Waals surface area contributed by atoms with E-state index in [1.165, 1.54) is 180 Å². The number of nitrogens with zero attached hydrogens (tertiary/aromatic N) is 2. The smallest absolute Gasteiger partial charge is 0.0780 e. The Balaban J connectivity index is -0.000000322. The normalized spacial score (nSPS) is 11.4. The third-order valence-electron chi connectivity index (χ3n) is 7.86. The van der Waals surface area contributed by atoms with Crippen LogP contribution in [0.3, 0.4) is 0 Å². The molecular weight excluding hydrogens is 531 g/mol. The van der Waals surface area contributed by atoms with E-state index in [4.69, 9.17) is 0 Å². The summed E-state index contributed by atoms with van der Waals surface area (Å²) in [5.41, 5.74) is 0.